The first-order chi connectivity index (χ1) is 8.78. The van der Waals surface area contributed by atoms with Gasteiger partial charge in [0.25, 0.3) is 0 Å². The highest BCUT2D eigenvalue weighted by Gasteiger charge is 2.21. The molecule has 0 saturated heterocycles. The van der Waals surface area contributed by atoms with E-state index in [2.05, 4.69) is 24.5 Å². The van der Waals surface area contributed by atoms with E-state index in [4.69, 9.17) is 4.99 Å². The summed E-state index contributed by atoms with van der Waals surface area (Å²) in [5.74, 6) is 3.65. The van der Waals surface area contributed by atoms with Gasteiger partial charge in [-0.3, -0.25) is 4.99 Å². The molecule has 0 heterocycles. The van der Waals surface area contributed by atoms with Crippen LogP contribution in [0.5, 0.6) is 0 Å². The van der Waals surface area contributed by atoms with Gasteiger partial charge in [0.15, 0.2) is 5.96 Å². The number of nitrogens with one attached hydrogen (secondary N) is 2. The van der Waals surface area contributed by atoms with Gasteiger partial charge in [0.1, 0.15) is 0 Å². The first kappa shape index (κ1) is 17.1. The van der Waals surface area contributed by atoms with Crippen molar-refractivity contribution in [2.75, 3.05) is 19.6 Å². The molecular weight excluding hydrogens is 349 g/mol. The van der Waals surface area contributed by atoms with Gasteiger partial charge >= 0.3 is 0 Å². The molecule has 2 aliphatic rings. The third kappa shape index (κ3) is 6.82. The Morgan fingerprint density at radius 2 is 1.89 bits per heavy atom. The zero-order chi connectivity index (χ0) is 12.8. The molecule has 4 heteroatoms. The largest absolute Gasteiger partial charge is 0.357 e. The van der Waals surface area contributed by atoms with Crippen molar-refractivity contribution in [3.05, 3.63) is 0 Å². The van der Waals surface area contributed by atoms with E-state index in [9.17, 15) is 0 Å². The van der Waals surface area contributed by atoms with Gasteiger partial charge in [0.05, 0.1) is 0 Å². The SMILES string of the molecule is CCNC(=NCC1CCCC(C)C1)NCC1CC1.I. The molecule has 2 aliphatic carbocycles. The van der Waals surface area contributed by atoms with Gasteiger partial charge in [-0.2, -0.15) is 0 Å². The van der Waals surface area contributed by atoms with Crippen LogP contribution in [-0.2, 0) is 0 Å². The van der Waals surface area contributed by atoms with Gasteiger partial charge in [-0.05, 0) is 50.4 Å². The van der Waals surface area contributed by atoms with E-state index in [0.29, 0.717) is 0 Å². The number of rotatable bonds is 5. The molecule has 0 radical (unpaired) electrons. The number of nitrogens with zero attached hydrogens (tertiary/aromatic N) is 1. The lowest BCUT2D eigenvalue weighted by atomic mass is 9.82. The van der Waals surface area contributed by atoms with E-state index >= 15 is 0 Å². The first-order valence-corrected chi connectivity index (χ1v) is 7.80. The van der Waals surface area contributed by atoms with Crippen molar-refractivity contribution in [1.82, 2.24) is 10.6 Å². The number of hydrogen-bond donors (Lipinski definition) is 2. The Morgan fingerprint density at radius 1 is 1.11 bits per heavy atom. The molecule has 0 aliphatic heterocycles. The molecule has 112 valence electrons. The Morgan fingerprint density at radius 3 is 2.53 bits per heavy atom. The zero-order valence-corrected chi connectivity index (χ0v) is 14.8. The summed E-state index contributed by atoms with van der Waals surface area (Å²) in [4.78, 5) is 4.77. The van der Waals surface area contributed by atoms with Crippen LogP contribution in [0.25, 0.3) is 0 Å². The fourth-order valence-corrected chi connectivity index (χ4v) is 2.85. The molecule has 2 rings (SSSR count). The zero-order valence-electron chi connectivity index (χ0n) is 12.5. The number of aliphatic imine (C=N–C) groups is 1. The molecule has 2 atom stereocenters. The molecule has 2 fully saturated rings. The number of halogens is 1. The van der Waals surface area contributed by atoms with Crippen molar-refractivity contribution in [3.63, 3.8) is 0 Å². The monoisotopic (exact) mass is 379 g/mol. The van der Waals surface area contributed by atoms with Crippen LogP contribution in [0.4, 0.5) is 0 Å². The Balaban J connectivity index is 0.00000180. The number of guanidine groups is 1. The Kier molecular flexibility index (Phi) is 8.11. The molecule has 19 heavy (non-hydrogen) atoms. The van der Waals surface area contributed by atoms with Crippen LogP contribution in [-0.4, -0.2) is 25.6 Å². The summed E-state index contributed by atoms with van der Waals surface area (Å²) in [5, 5.41) is 6.83. The highest BCUT2D eigenvalue weighted by Crippen LogP contribution is 2.29. The van der Waals surface area contributed by atoms with E-state index < -0.39 is 0 Å². The summed E-state index contributed by atoms with van der Waals surface area (Å²) >= 11 is 0. The average Bonchev–Trinajstić information content (AvgIpc) is 3.17. The fourth-order valence-electron chi connectivity index (χ4n) is 2.85. The Labute approximate surface area is 135 Å². The van der Waals surface area contributed by atoms with Crippen LogP contribution in [0, 0.1) is 17.8 Å². The van der Waals surface area contributed by atoms with Crippen molar-refractivity contribution < 1.29 is 0 Å². The molecular formula is C15H30IN3. The third-order valence-electron chi connectivity index (χ3n) is 4.15. The molecule has 0 aromatic carbocycles. The first-order valence-electron chi connectivity index (χ1n) is 7.80. The van der Waals surface area contributed by atoms with Crippen LogP contribution in [0.15, 0.2) is 4.99 Å². The highest BCUT2D eigenvalue weighted by atomic mass is 127. The van der Waals surface area contributed by atoms with Gasteiger partial charge in [0.2, 0.25) is 0 Å². The molecule has 0 aromatic heterocycles. The van der Waals surface area contributed by atoms with Gasteiger partial charge in [0, 0.05) is 19.6 Å². The Bertz CT molecular complexity index is 277. The average molecular weight is 379 g/mol. The lowest BCUT2D eigenvalue weighted by molar-refractivity contribution is 0.289. The van der Waals surface area contributed by atoms with Crippen molar-refractivity contribution >= 4 is 29.9 Å². The second kappa shape index (κ2) is 9.03. The van der Waals surface area contributed by atoms with Crippen LogP contribution in [0.2, 0.25) is 0 Å². The molecule has 0 bridgehead atoms. The van der Waals surface area contributed by atoms with E-state index in [1.54, 1.807) is 0 Å². The summed E-state index contributed by atoms with van der Waals surface area (Å²) in [6.45, 7) is 7.58. The molecule has 3 nitrogen and oxygen atoms in total. The highest BCUT2D eigenvalue weighted by molar-refractivity contribution is 14.0. The minimum atomic E-state index is 0. The van der Waals surface area contributed by atoms with Gasteiger partial charge in [-0.25, -0.2) is 0 Å². The summed E-state index contributed by atoms with van der Waals surface area (Å²) in [5.41, 5.74) is 0. The lowest BCUT2D eigenvalue weighted by Gasteiger charge is -2.25. The van der Waals surface area contributed by atoms with Gasteiger partial charge in [-0.1, -0.05) is 19.8 Å². The maximum absolute atomic E-state index is 4.77. The molecule has 0 amide bonds. The summed E-state index contributed by atoms with van der Waals surface area (Å²) < 4.78 is 0. The van der Waals surface area contributed by atoms with E-state index in [1.165, 1.54) is 38.5 Å². The summed E-state index contributed by atoms with van der Waals surface area (Å²) in [6, 6.07) is 0. The topological polar surface area (TPSA) is 36.4 Å². The molecule has 2 unspecified atom stereocenters. The molecule has 0 aromatic rings. The third-order valence-corrected chi connectivity index (χ3v) is 4.15. The second-order valence-corrected chi connectivity index (χ2v) is 6.18. The van der Waals surface area contributed by atoms with Crippen LogP contribution < -0.4 is 10.6 Å². The fraction of sp³-hybridized carbons (Fsp3) is 0.933. The lowest BCUT2D eigenvalue weighted by Crippen LogP contribution is -2.38. The summed E-state index contributed by atoms with van der Waals surface area (Å²) in [7, 11) is 0. The smallest absolute Gasteiger partial charge is 0.191 e. The minimum absolute atomic E-state index is 0. The second-order valence-electron chi connectivity index (χ2n) is 6.18. The quantitative estimate of drug-likeness (QED) is 0.437. The van der Waals surface area contributed by atoms with Crippen molar-refractivity contribution in [2.45, 2.75) is 52.4 Å². The van der Waals surface area contributed by atoms with E-state index in [1.807, 2.05) is 0 Å². The summed E-state index contributed by atoms with van der Waals surface area (Å²) in [6.07, 6.45) is 8.34. The Hall–Kier alpha value is 0. The van der Waals surface area contributed by atoms with E-state index in [0.717, 1.165) is 43.3 Å². The predicted octanol–water partition coefficient (Wildman–Crippen LogP) is 3.40. The normalized spacial score (nSPS) is 27.6. The van der Waals surface area contributed by atoms with Crippen molar-refractivity contribution in [1.29, 1.82) is 0 Å². The van der Waals surface area contributed by atoms with E-state index in [-0.39, 0.29) is 24.0 Å². The molecule has 0 spiro atoms. The van der Waals surface area contributed by atoms with Gasteiger partial charge in [-0.15, -0.1) is 24.0 Å². The van der Waals surface area contributed by atoms with Gasteiger partial charge < -0.3 is 10.6 Å². The molecule has 2 N–H and O–H groups in total. The molecule has 2 saturated carbocycles. The number of hydrogen-bond acceptors (Lipinski definition) is 1. The minimum Gasteiger partial charge on any atom is -0.357 e. The standard InChI is InChI=1S/C15H29N3.HI/c1-3-16-15(17-10-13-7-8-13)18-11-14-6-4-5-12(2)9-14;/h12-14H,3-11H2,1-2H3,(H2,16,17,18);1H. The van der Waals surface area contributed by atoms with Crippen molar-refractivity contribution in [3.8, 4) is 0 Å². The van der Waals surface area contributed by atoms with Crippen LogP contribution >= 0.6 is 24.0 Å². The maximum atomic E-state index is 4.77. The maximum Gasteiger partial charge on any atom is 0.191 e. The van der Waals surface area contributed by atoms with Crippen molar-refractivity contribution in [2.24, 2.45) is 22.7 Å². The van der Waals surface area contributed by atoms with Crippen LogP contribution in [0.3, 0.4) is 0 Å². The predicted molar refractivity (Wildman–Crippen MR) is 93.2 cm³/mol. The van der Waals surface area contributed by atoms with Crippen LogP contribution in [0.1, 0.15) is 52.4 Å².